The van der Waals surface area contributed by atoms with Crippen LogP contribution in [0.15, 0.2) is 24.3 Å². The minimum atomic E-state index is 0.345. The van der Waals surface area contributed by atoms with Crippen molar-refractivity contribution in [2.45, 2.75) is 6.92 Å². The lowest BCUT2D eigenvalue weighted by Crippen LogP contribution is -2.09. The largest absolute Gasteiger partial charge is 0.492 e. The number of hydrogen-bond acceptors (Lipinski definition) is 1. The lowest BCUT2D eigenvalue weighted by molar-refractivity contribution is 0.273. The zero-order valence-corrected chi connectivity index (χ0v) is 8.98. The summed E-state index contributed by atoms with van der Waals surface area (Å²) < 4.78 is 5.47. The van der Waals surface area contributed by atoms with Crippen LogP contribution in [-0.4, -0.2) is 12.5 Å². The van der Waals surface area contributed by atoms with Crippen molar-refractivity contribution in [3.63, 3.8) is 0 Å². The van der Waals surface area contributed by atoms with E-state index in [2.05, 4.69) is 0 Å². The summed E-state index contributed by atoms with van der Waals surface area (Å²) in [5, 5.41) is 0.643. The first-order chi connectivity index (χ1) is 6.24. The maximum atomic E-state index is 5.89. The third-order valence-electron chi connectivity index (χ3n) is 1.62. The molecule has 0 N–H and O–H groups in total. The Kier molecular flexibility index (Phi) is 4.40. The summed E-state index contributed by atoms with van der Waals surface area (Å²) in [5.74, 6) is 1.67. The molecular formula is C10H12Cl2O. The van der Waals surface area contributed by atoms with Crippen LogP contribution in [0.1, 0.15) is 6.92 Å². The molecule has 0 bridgehead atoms. The van der Waals surface area contributed by atoms with Gasteiger partial charge in [0.15, 0.2) is 0 Å². The van der Waals surface area contributed by atoms with Crippen molar-refractivity contribution in [2.24, 2.45) is 5.92 Å². The maximum absolute atomic E-state index is 5.89. The van der Waals surface area contributed by atoms with Gasteiger partial charge in [-0.3, -0.25) is 0 Å². The highest BCUT2D eigenvalue weighted by atomic mass is 35.5. The molecule has 13 heavy (non-hydrogen) atoms. The number of hydrogen-bond donors (Lipinski definition) is 0. The fourth-order valence-electron chi connectivity index (χ4n) is 0.838. The molecule has 0 saturated heterocycles. The fourth-order valence-corrected chi connectivity index (χ4v) is 1.12. The van der Waals surface area contributed by atoms with Gasteiger partial charge in [-0.25, -0.2) is 0 Å². The molecule has 72 valence electrons. The summed E-state index contributed by atoms with van der Waals surface area (Å²) in [7, 11) is 0. The van der Waals surface area contributed by atoms with E-state index in [0.29, 0.717) is 23.4 Å². The van der Waals surface area contributed by atoms with Crippen LogP contribution in [0.4, 0.5) is 0 Å². The second kappa shape index (κ2) is 5.36. The SMILES string of the molecule is CC(CCl)COc1ccccc1Cl. The van der Waals surface area contributed by atoms with Gasteiger partial charge in [-0.15, -0.1) is 11.6 Å². The molecule has 0 heterocycles. The molecule has 0 amide bonds. The number of benzene rings is 1. The van der Waals surface area contributed by atoms with E-state index in [4.69, 9.17) is 27.9 Å². The van der Waals surface area contributed by atoms with Crippen LogP contribution in [0.25, 0.3) is 0 Å². The Morgan fingerprint density at radius 1 is 1.38 bits per heavy atom. The van der Waals surface area contributed by atoms with E-state index in [-0.39, 0.29) is 0 Å². The van der Waals surface area contributed by atoms with Crippen LogP contribution in [0.5, 0.6) is 5.75 Å². The summed E-state index contributed by atoms with van der Waals surface area (Å²) in [4.78, 5) is 0. The topological polar surface area (TPSA) is 9.23 Å². The molecule has 1 rings (SSSR count). The molecule has 0 spiro atoms. The molecule has 0 aliphatic rings. The molecule has 0 aliphatic carbocycles. The number of rotatable bonds is 4. The third-order valence-corrected chi connectivity index (χ3v) is 2.46. The molecule has 0 saturated carbocycles. The normalized spacial score (nSPS) is 12.5. The second-order valence-electron chi connectivity index (χ2n) is 3.00. The average Bonchev–Trinajstić information content (AvgIpc) is 2.16. The molecule has 1 aromatic rings. The summed E-state index contributed by atoms with van der Waals surface area (Å²) >= 11 is 11.5. The van der Waals surface area contributed by atoms with Crippen molar-refractivity contribution in [3.8, 4) is 5.75 Å². The van der Waals surface area contributed by atoms with Crippen LogP contribution in [0.3, 0.4) is 0 Å². The van der Waals surface area contributed by atoms with Crippen LogP contribution < -0.4 is 4.74 Å². The Morgan fingerprint density at radius 3 is 2.69 bits per heavy atom. The van der Waals surface area contributed by atoms with E-state index in [1.165, 1.54) is 0 Å². The van der Waals surface area contributed by atoms with Crippen LogP contribution in [0, 0.1) is 5.92 Å². The molecular weight excluding hydrogens is 207 g/mol. The molecule has 1 nitrogen and oxygen atoms in total. The summed E-state index contributed by atoms with van der Waals surface area (Å²) in [6, 6.07) is 7.43. The monoisotopic (exact) mass is 218 g/mol. The van der Waals surface area contributed by atoms with Gasteiger partial charge in [-0.1, -0.05) is 30.7 Å². The Balaban J connectivity index is 2.50. The predicted molar refractivity (Wildman–Crippen MR) is 56.8 cm³/mol. The van der Waals surface area contributed by atoms with Gasteiger partial charge < -0.3 is 4.74 Å². The first-order valence-corrected chi connectivity index (χ1v) is 5.08. The Morgan fingerprint density at radius 2 is 2.08 bits per heavy atom. The van der Waals surface area contributed by atoms with Gasteiger partial charge in [0.2, 0.25) is 0 Å². The average molecular weight is 219 g/mol. The number of para-hydroxylation sites is 1. The minimum absolute atomic E-state index is 0.345. The van der Waals surface area contributed by atoms with Crippen LogP contribution >= 0.6 is 23.2 Å². The predicted octanol–water partition coefficient (Wildman–Crippen LogP) is 3.59. The standard InChI is InChI=1S/C10H12Cl2O/c1-8(6-11)7-13-10-5-3-2-4-9(10)12/h2-5,8H,6-7H2,1H3. The number of alkyl halides is 1. The van der Waals surface area contributed by atoms with Crippen LogP contribution in [0.2, 0.25) is 5.02 Å². The Hall–Kier alpha value is -0.400. The van der Waals surface area contributed by atoms with E-state index in [0.717, 1.165) is 5.75 Å². The molecule has 0 aromatic heterocycles. The molecule has 1 aromatic carbocycles. The van der Waals surface area contributed by atoms with Gasteiger partial charge in [0, 0.05) is 11.8 Å². The van der Waals surface area contributed by atoms with Crippen molar-refractivity contribution in [1.82, 2.24) is 0 Å². The van der Waals surface area contributed by atoms with Gasteiger partial charge >= 0.3 is 0 Å². The maximum Gasteiger partial charge on any atom is 0.137 e. The molecule has 3 heteroatoms. The molecule has 0 aliphatic heterocycles. The zero-order chi connectivity index (χ0) is 9.68. The lowest BCUT2D eigenvalue weighted by Gasteiger charge is -2.10. The van der Waals surface area contributed by atoms with Gasteiger partial charge in [-0.05, 0) is 12.1 Å². The first kappa shape index (κ1) is 10.7. The number of ether oxygens (including phenoxy) is 1. The van der Waals surface area contributed by atoms with Crippen LogP contribution in [-0.2, 0) is 0 Å². The van der Waals surface area contributed by atoms with Gasteiger partial charge in [0.1, 0.15) is 5.75 Å². The Labute approximate surface area is 88.6 Å². The molecule has 0 fully saturated rings. The van der Waals surface area contributed by atoms with E-state index in [1.807, 2.05) is 31.2 Å². The number of halogens is 2. The van der Waals surface area contributed by atoms with Crippen molar-refractivity contribution < 1.29 is 4.74 Å². The fraction of sp³-hybridized carbons (Fsp3) is 0.400. The van der Waals surface area contributed by atoms with Gasteiger partial charge in [-0.2, -0.15) is 0 Å². The quantitative estimate of drug-likeness (QED) is 0.703. The highest BCUT2D eigenvalue weighted by Crippen LogP contribution is 2.23. The minimum Gasteiger partial charge on any atom is -0.492 e. The molecule has 1 unspecified atom stereocenters. The zero-order valence-electron chi connectivity index (χ0n) is 7.47. The smallest absolute Gasteiger partial charge is 0.137 e. The van der Waals surface area contributed by atoms with Crippen molar-refractivity contribution in [1.29, 1.82) is 0 Å². The lowest BCUT2D eigenvalue weighted by atomic mass is 10.2. The first-order valence-electron chi connectivity index (χ1n) is 4.17. The van der Waals surface area contributed by atoms with Gasteiger partial charge in [0.25, 0.3) is 0 Å². The third kappa shape index (κ3) is 3.45. The van der Waals surface area contributed by atoms with E-state index >= 15 is 0 Å². The van der Waals surface area contributed by atoms with Crippen molar-refractivity contribution in [3.05, 3.63) is 29.3 Å². The van der Waals surface area contributed by atoms with E-state index in [1.54, 1.807) is 0 Å². The van der Waals surface area contributed by atoms with Crippen molar-refractivity contribution >= 4 is 23.2 Å². The van der Waals surface area contributed by atoms with Crippen molar-refractivity contribution in [2.75, 3.05) is 12.5 Å². The highest BCUT2D eigenvalue weighted by molar-refractivity contribution is 6.32. The second-order valence-corrected chi connectivity index (χ2v) is 3.72. The van der Waals surface area contributed by atoms with E-state index < -0.39 is 0 Å². The summed E-state index contributed by atoms with van der Waals surface area (Å²) in [5.41, 5.74) is 0. The van der Waals surface area contributed by atoms with E-state index in [9.17, 15) is 0 Å². The summed E-state index contributed by atoms with van der Waals surface area (Å²) in [6.07, 6.45) is 0. The summed E-state index contributed by atoms with van der Waals surface area (Å²) in [6.45, 7) is 2.64. The highest BCUT2D eigenvalue weighted by Gasteiger charge is 2.03. The molecule has 0 radical (unpaired) electrons. The molecule has 1 atom stereocenters. The Bertz CT molecular complexity index is 263. The van der Waals surface area contributed by atoms with Gasteiger partial charge in [0.05, 0.1) is 11.6 Å².